The van der Waals surface area contributed by atoms with Gasteiger partial charge in [-0.2, -0.15) is 0 Å². The van der Waals surface area contributed by atoms with Gasteiger partial charge in [-0.1, -0.05) is 0 Å². The van der Waals surface area contributed by atoms with Crippen molar-refractivity contribution in [3.63, 3.8) is 0 Å². The largest absolute Gasteiger partial charge is 0.504 e. The van der Waals surface area contributed by atoms with Gasteiger partial charge in [-0.15, -0.1) is 0 Å². The minimum absolute atomic E-state index is 0.0101. The first-order valence-corrected chi connectivity index (χ1v) is 10.8. The second-order valence-electron chi connectivity index (χ2n) is 8.50. The first kappa shape index (κ1) is 23.9. The molecule has 0 aliphatic carbocycles. The molecule has 0 saturated carbocycles. The van der Waals surface area contributed by atoms with Gasteiger partial charge in [0, 0.05) is 23.1 Å². The minimum atomic E-state index is -1.76. The van der Waals surface area contributed by atoms with Crippen molar-refractivity contribution in [1.82, 2.24) is 0 Å². The van der Waals surface area contributed by atoms with Crippen molar-refractivity contribution in [3.8, 4) is 34.3 Å². The summed E-state index contributed by atoms with van der Waals surface area (Å²) in [4.78, 5) is 12.3. The Balaban J connectivity index is 1.79. The van der Waals surface area contributed by atoms with Gasteiger partial charge in [0.2, 0.25) is 6.29 Å². The van der Waals surface area contributed by atoms with E-state index >= 15 is 0 Å². The van der Waals surface area contributed by atoms with Crippen molar-refractivity contribution >= 4 is 21.9 Å². The molecule has 1 aliphatic rings. The summed E-state index contributed by atoms with van der Waals surface area (Å²) >= 11 is 0. The molecule has 190 valence electrons. The predicted molar refractivity (Wildman–Crippen MR) is 122 cm³/mol. The predicted octanol–water partition coefficient (Wildman–Crippen LogP) is 0.810. The molecular weight excluding hydrogens is 480 g/mol. The third-order valence-corrected chi connectivity index (χ3v) is 6.00. The van der Waals surface area contributed by atoms with E-state index in [1.807, 2.05) is 0 Å². The van der Waals surface area contributed by atoms with E-state index in [0.29, 0.717) is 16.5 Å². The van der Waals surface area contributed by atoms with E-state index in [2.05, 4.69) is 0 Å². The molecule has 5 rings (SSSR count). The molecule has 12 heteroatoms. The van der Waals surface area contributed by atoms with Crippen molar-refractivity contribution in [2.45, 2.75) is 37.6 Å². The van der Waals surface area contributed by atoms with E-state index in [-0.39, 0.29) is 28.2 Å². The monoisotopic (exact) mass is 502 g/mol. The maximum Gasteiger partial charge on any atom is 0.229 e. The Morgan fingerprint density at radius 3 is 2.17 bits per heavy atom. The number of aryl methyl sites for hydroxylation is 1. The van der Waals surface area contributed by atoms with Crippen molar-refractivity contribution in [3.05, 3.63) is 46.3 Å². The highest BCUT2D eigenvalue weighted by molar-refractivity contribution is 6.09. The van der Waals surface area contributed by atoms with Gasteiger partial charge in [-0.05, 0) is 25.1 Å². The summed E-state index contributed by atoms with van der Waals surface area (Å²) in [6.45, 7) is 0.932. The Hall–Kier alpha value is -3.81. The van der Waals surface area contributed by atoms with E-state index in [1.165, 1.54) is 12.1 Å². The first-order chi connectivity index (χ1) is 17.1. The Morgan fingerprint density at radius 2 is 1.53 bits per heavy atom. The van der Waals surface area contributed by atoms with Crippen LogP contribution in [-0.2, 0) is 4.74 Å². The van der Waals surface area contributed by atoms with Crippen LogP contribution in [0.25, 0.3) is 33.3 Å². The third-order valence-electron chi connectivity index (χ3n) is 6.00. The van der Waals surface area contributed by atoms with Gasteiger partial charge in [0.1, 0.15) is 41.3 Å². The lowest BCUT2D eigenvalue weighted by atomic mass is 9.99. The Labute approximate surface area is 201 Å². The summed E-state index contributed by atoms with van der Waals surface area (Å²) in [6, 6.07) is 6.14. The molecule has 12 nitrogen and oxygen atoms in total. The molecule has 2 aromatic heterocycles. The number of rotatable bonds is 4. The zero-order chi connectivity index (χ0) is 25.9. The van der Waals surface area contributed by atoms with Gasteiger partial charge in [0.15, 0.2) is 34.2 Å². The topological polar surface area (TPSA) is 203 Å². The molecule has 3 heterocycles. The molecule has 0 radical (unpaired) electrons. The molecule has 0 spiro atoms. The van der Waals surface area contributed by atoms with Crippen LogP contribution in [0.2, 0.25) is 0 Å². The number of aliphatic hydroxyl groups excluding tert-OH is 4. The lowest BCUT2D eigenvalue weighted by Gasteiger charge is -2.39. The molecule has 36 heavy (non-hydrogen) atoms. The second kappa shape index (κ2) is 8.69. The molecule has 0 amide bonds. The Morgan fingerprint density at radius 1 is 0.889 bits per heavy atom. The number of hydrogen-bond donors (Lipinski definition) is 7. The number of ether oxygens (including phenoxy) is 2. The van der Waals surface area contributed by atoms with Crippen molar-refractivity contribution < 1.29 is 54.1 Å². The van der Waals surface area contributed by atoms with Crippen molar-refractivity contribution in [1.29, 1.82) is 0 Å². The molecule has 4 aromatic rings. The Kier molecular flexibility index (Phi) is 5.77. The summed E-state index contributed by atoms with van der Waals surface area (Å²) in [5, 5.41) is 71.0. The smallest absolute Gasteiger partial charge is 0.229 e. The third kappa shape index (κ3) is 3.81. The maximum atomic E-state index is 12.3. The lowest BCUT2D eigenvalue weighted by molar-refractivity contribution is -0.277. The normalized spacial score (nSPS) is 24.4. The van der Waals surface area contributed by atoms with Crippen LogP contribution < -0.4 is 10.2 Å². The van der Waals surface area contributed by atoms with Crippen molar-refractivity contribution in [2.24, 2.45) is 0 Å². The number of aromatic hydroxyl groups is 3. The highest BCUT2D eigenvalue weighted by atomic mass is 16.7. The van der Waals surface area contributed by atoms with Crippen molar-refractivity contribution in [2.75, 3.05) is 6.61 Å². The summed E-state index contributed by atoms with van der Waals surface area (Å²) < 4.78 is 23.0. The number of aliphatic hydroxyl groups is 4. The minimum Gasteiger partial charge on any atom is -0.504 e. The number of phenolic OH excluding ortho intramolecular Hbond substituents is 3. The van der Waals surface area contributed by atoms with Gasteiger partial charge in [-0.25, -0.2) is 0 Å². The zero-order valence-electron chi connectivity index (χ0n) is 18.7. The fraction of sp³-hybridized carbons (Fsp3) is 0.292. The maximum absolute atomic E-state index is 12.3. The molecule has 2 aromatic carbocycles. The van der Waals surface area contributed by atoms with Crippen LogP contribution >= 0.6 is 0 Å². The number of hydrogen-bond acceptors (Lipinski definition) is 12. The summed E-state index contributed by atoms with van der Waals surface area (Å²) in [6.07, 6.45) is -7.96. The highest BCUT2D eigenvalue weighted by Crippen LogP contribution is 2.46. The van der Waals surface area contributed by atoms with Gasteiger partial charge >= 0.3 is 0 Å². The molecule has 1 saturated heterocycles. The zero-order valence-corrected chi connectivity index (χ0v) is 18.7. The Bertz CT molecular complexity index is 1490. The van der Waals surface area contributed by atoms with E-state index in [0.717, 1.165) is 12.1 Å². The van der Waals surface area contributed by atoms with E-state index < -0.39 is 60.0 Å². The fourth-order valence-electron chi connectivity index (χ4n) is 4.25. The quantitative estimate of drug-likeness (QED) is 0.194. The van der Waals surface area contributed by atoms with Crippen LogP contribution in [0.1, 0.15) is 5.76 Å². The lowest BCUT2D eigenvalue weighted by Crippen LogP contribution is -2.60. The SMILES string of the molecule is Cc1cc2c(OC3OC(CO)C(O)C(O)C3O)c(-c3cc(O)c(O)c(O)c3)oc3cc(=O)cc(o1)c32. The second-order valence-corrected chi connectivity index (χ2v) is 8.50. The average Bonchev–Trinajstić information content (AvgIpc) is 2.83. The number of benzene rings is 2. The van der Waals surface area contributed by atoms with Gasteiger partial charge in [-0.3, -0.25) is 4.79 Å². The average molecular weight is 502 g/mol. The van der Waals surface area contributed by atoms with Crippen LogP contribution in [0.5, 0.6) is 23.0 Å². The van der Waals surface area contributed by atoms with E-state index in [4.69, 9.17) is 18.3 Å². The van der Waals surface area contributed by atoms with Gasteiger partial charge < -0.3 is 54.1 Å². The molecule has 7 N–H and O–H groups in total. The fourth-order valence-corrected chi connectivity index (χ4v) is 4.25. The summed E-state index contributed by atoms with van der Waals surface area (Å²) in [5.41, 5.74) is -0.180. The van der Waals surface area contributed by atoms with E-state index in [9.17, 15) is 40.5 Å². The van der Waals surface area contributed by atoms with Gasteiger partial charge in [0.25, 0.3) is 0 Å². The van der Waals surface area contributed by atoms with Crippen LogP contribution in [0.15, 0.2) is 44.0 Å². The number of phenols is 3. The molecule has 5 unspecified atom stereocenters. The molecule has 1 aliphatic heterocycles. The van der Waals surface area contributed by atoms with Gasteiger partial charge in [0.05, 0.1) is 12.0 Å². The van der Waals surface area contributed by atoms with Crippen LogP contribution in [0.4, 0.5) is 0 Å². The van der Waals surface area contributed by atoms with E-state index in [1.54, 1.807) is 13.0 Å². The first-order valence-electron chi connectivity index (χ1n) is 10.8. The molecule has 5 atom stereocenters. The van der Waals surface area contributed by atoms with Crippen LogP contribution in [0.3, 0.4) is 0 Å². The highest BCUT2D eigenvalue weighted by Gasteiger charge is 2.45. The van der Waals surface area contributed by atoms with Crippen LogP contribution in [0, 0.1) is 6.92 Å². The molecule has 1 fully saturated rings. The summed E-state index contributed by atoms with van der Waals surface area (Å²) in [7, 11) is 0. The molecule has 0 bridgehead atoms. The summed E-state index contributed by atoms with van der Waals surface area (Å²) in [5.74, 6) is -2.03. The van der Waals surface area contributed by atoms with Crippen LogP contribution in [-0.4, -0.2) is 73.1 Å². The standard InChI is InChI=1S/C24H22O12/c1-8-2-11-17-14(33-8)5-10(26)6-15(17)34-22(9-3-12(27)18(29)13(28)4-9)23(11)36-24-21(32)20(31)19(30)16(7-25)35-24/h2-6,16,19-21,24-25,27-32H,7H2,1H3. The molecular formula is C24H22O12.